The average Bonchev–Trinajstić information content (AvgIpc) is 2.78. The molecule has 0 spiro atoms. The van der Waals surface area contributed by atoms with Gasteiger partial charge in [0.05, 0.1) is 0 Å². The van der Waals surface area contributed by atoms with Gasteiger partial charge in [0.1, 0.15) is 9.63 Å². The lowest BCUT2D eigenvalue weighted by molar-refractivity contribution is 0.516. The second kappa shape index (κ2) is 4.98. The molecule has 1 fully saturated rings. The fraction of sp³-hybridized carbons (Fsp3) is 0.500. The van der Waals surface area contributed by atoms with Crippen LogP contribution in [0.25, 0.3) is 5.65 Å². The molecule has 90 valence electrons. The van der Waals surface area contributed by atoms with Crippen molar-refractivity contribution in [1.29, 1.82) is 0 Å². The van der Waals surface area contributed by atoms with E-state index in [1.165, 1.54) is 32.1 Å². The Hall–Kier alpha value is -0.550. The third kappa shape index (κ3) is 2.50. The molecule has 3 nitrogen and oxygen atoms in total. The Morgan fingerprint density at radius 3 is 2.94 bits per heavy atom. The van der Waals surface area contributed by atoms with Gasteiger partial charge < -0.3 is 4.40 Å². The van der Waals surface area contributed by atoms with Gasteiger partial charge in [0.15, 0.2) is 5.65 Å². The third-order valence-corrected chi connectivity index (χ3v) is 4.83. The lowest BCUT2D eigenvalue weighted by Crippen LogP contribution is -2.08. The van der Waals surface area contributed by atoms with E-state index in [-0.39, 0.29) is 0 Å². The van der Waals surface area contributed by atoms with Crippen molar-refractivity contribution >= 4 is 33.3 Å². The zero-order valence-electron chi connectivity index (χ0n) is 9.47. The van der Waals surface area contributed by atoms with Gasteiger partial charge in [0.25, 0.3) is 0 Å². The Kier molecular flexibility index (Phi) is 3.38. The Morgan fingerprint density at radius 1 is 1.29 bits per heavy atom. The lowest BCUT2D eigenvalue weighted by Gasteiger charge is -2.20. The predicted octanol–water partition coefficient (Wildman–Crippen LogP) is 3.92. The molecule has 0 saturated heterocycles. The van der Waals surface area contributed by atoms with Crippen LogP contribution in [0.4, 0.5) is 0 Å². The van der Waals surface area contributed by atoms with Gasteiger partial charge in [-0.1, -0.05) is 31.0 Å². The molecule has 17 heavy (non-hydrogen) atoms. The molecule has 0 radical (unpaired) electrons. The number of hydrogen-bond acceptors (Lipinski definition) is 3. The average molecular weight is 312 g/mol. The van der Waals surface area contributed by atoms with Gasteiger partial charge >= 0.3 is 0 Å². The van der Waals surface area contributed by atoms with Crippen LogP contribution in [0.3, 0.4) is 0 Å². The first-order chi connectivity index (χ1) is 8.33. The van der Waals surface area contributed by atoms with Crippen LogP contribution in [0, 0.1) is 0 Å². The molecule has 5 heteroatoms. The summed E-state index contributed by atoms with van der Waals surface area (Å²) >= 11 is 5.35. The van der Waals surface area contributed by atoms with E-state index in [0.29, 0.717) is 5.25 Å². The van der Waals surface area contributed by atoms with Gasteiger partial charge in [-0.3, -0.25) is 0 Å². The minimum atomic E-state index is 0.714. The minimum absolute atomic E-state index is 0.714. The van der Waals surface area contributed by atoms with Crippen LogP contribution in [-0.4, -0.2) is 19.6 Å². The van der Waals surface area contributed by atoms with Gasteiger partial charge in [-0.25, -0.2) is 9.97 Å². The highest BCUT2D eigenvalue weighted by Crippen LogP contribution is 2.34. The van der Waals surface area contributed by atoms with E-state index < -0.39 is 0 Å². The minimum Gasteiger partial charge on any atom is -0.302 e. The van der Waals surface area contributed by atoms with Gasteiger partial charge in [-0.2, -0.15) is 0 Å². The molecule has 0 aliphatic heterocycles. The lowest BCUT2D eigenvalue weighted by atomic mass is 10.0. The monoisotopic (exact) mass is 311 g/mol. The second-order valence-corrected chi connectivity index (χ2v) is 6.51. The van der Waals surface area contributed by atoms with E-state index >= 15 is 0 Å². The molecule has 0 unspecified atom stereocenters. The van der Waals surface area contributed by atoms with Gasteiger partial charge in [0.2, 0.25) is 0 Å². The molecule has 1 aliphatic rings. The molecule has 1 saturated carbocycles. The number of fused-ring (bicyclic) bond motifs is 1. The smallest absolute Gasteiger partial charge is 0.169 e. The highest BCUT2D eigenvalue weighted by molar-refractivity contribution is 9.10. The summed E-state index contributed by atoms with van der Waals surface area (Å²) in [6, 6.07) is 0. The Labute approximate surface area is 113 Å². The fourth-order valence-electron chi connectivity index (χ4n) is 2.29. The number of thioether (sulfide) groups is 1. The van der Waals surface area contributed by atoms with Gasteiger partial charge in [-0.15, -0.1) is 0 Å². The van der Waals surface area contributed by atoms with Crippen molar-refractivity contribution in [2.24, 2.45) is 0 Å². The molecule has 2 heterocycles. The number of halogens is 1. The number of hydrogen-bond donors (Lipinski definition) is 0. The first-order valence-electron chi connectivity index (χ1n) is 5.99. The molecule has 0 amide bonds. The Morgan fingerprint density at radius 2 is 2.12 bits per heavy atom. The summed E-state index contributed by atoms with van der Waals surface area (Å²) in [5.41, 5.74) is 0.976. The third-order valence-electron chi connectivity index (χ3n) is 3.14. The maximum absolute atomic E-state index is 4.56. The van der Waals surface area contributed by atoms with E-state index in [9.17, 15) is 0 Å². The Balaban J connectivity index is 1.90. The highest BCUT2D eigenvalue weighted by atomic mass is 79.9. The van der Waals surface area contributed by atoms with E-state index in [1.54, 1.807) is 0 Å². The molecule has 0 N–H and O–H groups in total. The summed E-state index contributed by atoms with van der Waals surface area (Å²) in [5, 5.41) is 1.77. The first kappa shape index (κ1) is 11.5. The van der Waals surface area contributed by atoms with Crippen molar-refractivity contribution in [2.75, 3.05) is 0 Å². The summed E-state index contributed by atoms with van der Waals surface area (Å²) in [5.74, 6) is 0. The SMILES string of the molecule is Brc1cn2ccnc2c(SC2CCCCC2)n1. The molecule has 0 bridgehead atoms. The van der Waals surface area contributed by atoms with Crippen molar-refractivity contribution in [3.63, 3.8) is 0 Å². The van der Waals surface area contributed by atoms with E-state index in [1.807, 2.05) is 34.8 Å². The van der Waals surface area contributed by atoms with E-state index in [4.69, 9.17) is 0 Å². The van der Waals surface area contributed by atoms with Crippen LogP contribution in [-0.2, 0) is 0 Å². The molecule has 2 aromatic heterocycles. The summed E-state index contributed by atoms with van der Waals surface area (Å²) in [6.45, 7) is 0. The van der Waals surface area contributed by atoms with Crippen LogP contribution in [0.2, 0.25) is 0 Å². The van der Waals surface area contributed by atoms with E-state index in [0.717, 1.165) is 15.3 Å². The van der Waals surface area contributed by atoms with Crippen molar-refractivity contribution in [1.82, 2.24) is 14.4 Å². The molecule has 1 aliphatic carbocycles. The zero-order valence-corrected chi connectivity index (χ0v) is 11.9. The highest BCUT2D eigenvalue weighted by Gasteiger charge is 2.17. The van der Waals surface area contributed by atoms with Crippen LogP contribution in [0.5, 0.6) is 0 Å². The molecular formula is C12H14BrN3S. The van der Waals surface area contributed by atoms with Crippen LogP contribution < -0.4 is 0 Å². The van der Waals surface area contributed by atoms with Crippen molar-refractivity contribution in [3.8, 4) is 0 Å². The first-order valence-corrected chi connectivity index (χ1v) is 7.66. The van der Waals surface area contributed by atoms with Crippen LogP contribution >= 0.6 is 27.7 Å². The zero-order chi connectivity index (χ0) is 11.7. The quantitative estimate of drug-likeness (QED) is 0.842. The second-order valence-electron chi connectivity index (χ2n) is 4.40. The maximum atomic E-state index is 4.56. The van der Waals surface area contributed by atoms with E-state index in [2.05, 4.69) is 25.9 Å². The summed E-state index contributed by atoms with van der Waals surface area (Å²) in [4.78, 5) is 8.95. The summed E-state index contributed by atoms with van der Waals surface area (Å²) < 4.78 is 2.91. The van der Waals surface area contributed by atoms with Gasteiger partial charge in [0, 0.05) is 23.8 Å². The van der Waals surface area contributed by atoms with Crippen molar-refractivity contribution in [3.05, 3.63) is 23.2 Å². The molecule has 0 aromatic carbocycles. The van der Waals surface area contributed by atoms with Crippen LogP contribution in [0.15, 0.2) is 28.2 Å². The number of aromatic nitrogens is 3. The fourth-order valence-corrected chi connectivity index (χ4v) is 4.11. The number of imidazole rings is 1. The molecule has 2 aromatic rings. The van der Waals surface area contributed by atoms with Crippen molar-refractivity contribution in [2.45, 2.75) is 42.4 Å². The maximum Gasteiger partial charge on any atom is 0.169 e. The van der Waals surface area contributed by atoms with Gasteiger partial charge in [-0.05, 0) is 28.8 Å². The molecule has 0 atom stereocenters. The molecule has 3 rings (SSSR count). The normalized spacial score (nSPS) is 17.7. The van der Waals surface area contributed by atoms with Crippen LogP contribution in [0.1, 0.15) is 32.1 Å². The summed E-state index contributed by atoms with van der Waals surface area (Å²) in [6.07, 6.45) is 12.5. The molecular weight excluding hydrogens is 298 g/mol. The largest absolute Gasteiger partial charge is 0.302 e. The Bertz CT molecular complexity index is 519. The summed E-state index contributed by atoms with van der Waals surface area (Å²) in [7, 11) is 0. The standard InChI is InChI=1S/C12H14BrN3S/c13-10-8-16-7-6-14-11(16)12(15-10)17-9-4-2-1-3-5-9/h6-9H,1-5H2. The van der Waals surface area contributed by atoms with Crippen molar-refractivity contribution < 1.29 is 0 Å². The topological polar surface area (TPSA) is 30.2 Å². The number of nitrogens with zero attached hydrogens (tertiary/aromatic N) is 3. The number of rotatable bonds is 2. The predicted molar refractivity (Wildman–Crippen MR) is 73.4 cm³/mol.